The van der Waals surface area contributed by atoms with Crippen LogP contribution in [-0.4, -0.2) is 56.4 Å². The highest BCUT2D eigenvalue weighted by molar-refractivity contribution is 5.98. The number of carbonyl (C=O) groups excluding carboxylic acids is 2. The number of rotatable bonds is 7. The Balaban J connectivity index is 2.07. The highest BCUT2D eigenvalue weighted by Gasteiger charge is 2.37. The summed E-state index contributed by atoms with van der Waals surface area (Å²) in [5.41, 5.74) is 1.40. The third-order valence-corrected chi connectivity index (χ3v) is 5.11. The highest BCUT2D eigenvalue weighted by atomic mass is 16.5. The number of hydrogen-bond donors (Lipinski definition) is 0. The van der Waals surface area contributed by atoms with Gasteiger partial charge in [0.2, 0.25) is 0 Å². The van der Waals surface area contributed by atoms with E-state index in [1.54, 1.807) is 12.4 Å². The fourth-order valence-electron chi connectivity index (χ4n) is 3.83. The predicted octanol–water partition coefficient (Wildman–Crippen LogP) is 3.17. The molecule has 2 aliphatic heterocycles. The lowest BCUT2D eigenvalue weighted by Gasteiger charge is -2.32. The fourth-order valence-corrected chi connectivity index (χ4v) is 3.83. The Hall–Kier alpha value is -2.80. The summed E-state index contributed by atoms with van der Waals surface area (Å²) < 4.78 is 21.8. The number of esters is 2. The van der Waals surface area contributed by atoms with Crippen LogP contribution in [0.15, 0.2) is 47.8 Å². The second-order valence-corrected chi connectivity index (χ2v) is 7.62. The quantitative estimate of drug-likeness (QED) is 0.633. The Morgan fingerprint density at radius 3 is 2.27 bits per heavy atom. The van der Waals surface area contributed by atoms with Gasteiger partial charge in [0.05, 0.1) is 43.5 Å². The highest BCUT2D eigenvalue weighted by Crippen LogP contribution is 2.41. The van der Waals surface area contributed by atoms with Crippen molar-refractivity contribution in [2.45, 2.75) is 44.8 Å². The molecule has 0 radical (unpaired) electrons. The van der Waals surface area contributed by atoms with Crippen LogP contribution in [0.4, 0.5) is 0 Å². The number of nitrogens with zero attached hydrogens (tertiary/aromatic N) is 1. The maximum atomic E-state index is 12.8. The molecule has 1 aromatic carbocycles. The van der Waals surface area contributed by atoms with Gasteiger partial charge in [-0.3, -0.25) is 0 Å². The molecular weight excluding hydrogens is 386 g/mol. The molecule has 2 heterocycles. The minimum absolute atomic E-state index is 0.0448. The van der Waals surface area contributed by atoms with Gasteiger partial charge in [-0.2, -0.15) is 0 Å². The van der Waals surface area contributed by atoms with E-state index in [0.29, 0.717) is 29.0 Å². The van der Waals surface area contributed by atoms with Crippen molar-refractivity contribution >= 4 is 11.9 Å². The zero-order valence-electron chi connectivity index (χ0n) is 17.9. The van der Waals surface area contributed by atoms with Crippen LogP contribution < -0.4 is 4.74 Å². The van der Waals surface area contributed by atoms with Crippen molar-refractivity contribution in [3.05, 3.63) is 53.4 Å². The van der Waals surface area contributed by atoms with Crippen LogP contribution in [0.5, 0.6) is 5.75 Å². The minimum atomic E-state index is -0.666. The molecule has 7 heteroatoms. The van der Waals surface area contributed by atoms with Crippen molar-refractivity contribution in [3.8, 4) is 5.75 Å². The molecule has 0 spiro atoms. The summed E-state index contributed by atoms with van der Waals surface area (Å²) in [6.45, 7) is 5.12. The average molecular weight is 415 g/mol. The Bertz CT molecular complexity index is 804. The van der Waals surface area contributed by atoms with Gasteiger partial charge in [-0.25, -0.2) is 9.59 Å². The molecule has 0 N–H and O–H groups in total. The van der Waals surface area contributed by atoms with Crippen LogP contribution in [0.3, 0.4) is 0 Å². The Morgan fingerprint density at radius 1 is 1.10 bits per heavy atom. The molecule has 0 amide bonds. The molecule has 162 valence electrons. The van der Waals surface area contributed by atoms with Crippen LogP contribution in [0.1, 0.15) is 38.2 Å². The van der Waals surface area contributed by atoms with E-state index < -0.39 is 17.9 Å². The van der Waals surface area contributed by atoms with E-state index in [4.69, 9.17) is 18.9 Å². The van der Waals surface area contributed by atoms with E-state index in [0.717, 1.165) is 19.4 Å². The van der Waals surface area contributed by atoms with Crippen LogP contribution in [0, 0.1) is 0 Å². The normalized spacial score (nSPS) is 19.4. The minimum Gasteiger partial charge on any atom is -0.491 e. The van der Waals surface area contributed by atoms with E-state index in [-0.39, 0.29) is 12.2 Å². The lowest BCUT2D eigenvalue weighted by molar-refractivity contribution is -0.137. The van der Waals surface area contributed by atoms with E-state index in [1.807, 2.05) is 43.0 Å². The molecule has 0 bridgehead atoms. The van der Waals surface area contributed by atoms with E-state index in [9.17, 15) is 9.59 Å². The molecule has 0 aromatic heterocycles. The van der Waals surface area contributed by atoms with Gasteiger partial charge in [0.15, 0.2) is 0 Å². The molecule has 0 saturated carbocycles. The van der Waals surface area contributed by atoms with Gasteiger partial charge in [0.25, 0.3) is 0 Å². The lowest BCUT2D eigenvalue weighted by Crippen LogP contribution is -2.32. The number of benzene rings is 1. The predicted molar refractivity (Wildman–Crippen MR) is 111 cm³/mol. The smallest absolute Gasteiger partial charge is 0.336 e. The Kier molecular flexibility index (Phi) is 7.15. The van der Waals surface area contributed by atoms with Crippen LogP contribution >= 0.6 is 0 Å². The number of methoxy groups -OCH3 is 2. The maximum absolute atomic E-state index is 12.8. The Labute approximate surface area is 177 Å². The summed E-state index contributed by atoms with van der Waals surface area (Å²) in [7, 11) is 2.66. The van der Waals surface area contributed by atoms with Crippen molar-refractivity contribution in [2.75, 3.05) is 27.4 Å². The molecule has 1 fully saturated rings. The van der Waals surface area contributed by atoms with E-state index >= 15 is 0 Å². The molecule has 2 aliphatic rings. The molecule has 7 nitrogen and oxygen atoms in total. The average Bonchev–Trinajstić information content (AvgIpc) is 3.25. The lowest BCUT2D eigenvalue weighted by atomic mass is 9.82. The molecule has 1 atom stereocenters. The first-order valence-corrected chi connectivity index (χ1v) is 10.2. The largest absolute Gasteiger partial charge is 0.491 e. The number of para-hydroxylation sites is 1. The van der Waals surface area contributed by atoms with Gasteiger partial charge in [0, 0.05) is 31.1 Å². The van der Waals surface area contributed by atoms with Crippen molar-refractivity contribution in [3.63, 3.8) is 0 Å². The SMILES string of the molecule is COC(=O)C1=CN(C[C@H]2CCCO2)C=C(C(=O)OC)C1c1ccccc1OC(C)C. The molecule has 1 saturated heterocycles. The van der Waals surface area contributed by atoms with Gasteiger partial charge >= 0.3 is 11.9 Å². The molecular formula is C23H29NO6. The summed E-state index contributed by atoms with van der Waals surface area (Å²) >= 11 is 0. The third-order valence-electron chi connectivity index (χ3n) is 5.11. The van der Waals surface area contributed by atoms with Crippen molar-refractivity contribution in [2.24, 2.45) is 0 Å². The van der Waals surface area contributed by atoms with Gasteiger partial charge in [-0.05, 0) is 32.8 Å². The number of hydrogen-bond acceptors (Lipinski definition) is 7. The fraction of sp³-hybridized carbons (Fsp3) is 0.478. The van der Waals surface area contributed by atoms with Crippen molar-refractivity contribution in [1.82, 2.24) is 4.90 Å². The summed E-state index contributed by atoms with van der Waals surface area (Å²) in [5.74, 6) is -1.08. The molecule has 1 aromatic rings. The van der Waals surface area contributed by atoms with Crippen LogP contribution in [0.2, 0.25) is 0 Å². The summed E-state index contributed by atoms with van der Waals surface area (Å²) in [5, 5.41) is 0. The van der Waals surface area contributed by atoms with E-state index in [1.165, 1.54) is 14.2 Å². The number of carbonyl (C=O) groups is 2. The van der Waals surface area contributed by atoms with Crippen LogP contribution in [0.25, 0.3) is 0 Å². The van der Waals surface area contributed by atoms with Crippen LogP contribution in [-0.2, 0) is 23.8 Å². The first-order valence-electron chi connectivity index (χ1n) is 10.2. The topological polar surface area (TPSA) is 74.3 Å². The summed E-state index contributed by atoms with van der Waals surface area (Å²) in [4.78, 5) is 27.3. The molecule has 0 unspecified atom stereocenters. The van der Waals surface area contributed by atoms with E-state index in [2.05, 4.69) is 0 Å². The first kappa shape index (κ1) is 21.9. The summed E-state index contributed by atoms with van der Waals surface area (Å²) in [6, 6.07) is 7.39. The Morgan fingerprint density at radius 2 is 1.73 bits per heavy atom. The zero-order chi connectivity index (χ0) is 21.7. The monoisotopic (exact) mass is 415 g/mol. The molecule has 3 rings (SSSR count). The molecule has 0 aliphatic carbocycles. The van der Waals surface area contributed by atoms with Crippen molar-refractivity contribution in [1.29, 1.82) is 0 Å². The second-order valence-electron chi connectivity index (χ2n) is 7.62. The van der Waals surface area contributed by atoms with Gasteiger partial charge in [0.1, 0.15) is 5.75 Å². The van der Waals surface area contributed by atoms with Crippen molar-refractivity contribution < 1.29 is 28.5 Å². The first-order chi connectivity index (χ1) is 14.4. The summed E-state index contributed by atoms with van der Waals surface area (Å²) in [6.07, 6.45) is 5.38. The standard InChI is InChI=1S/C23H29NO6/c1-15(2)30-20-10-6-5-9-17(20)21-18(22(25)27-3)13-24(12-16-8-7-11-29-16)14-19(21)23(26)28-4/h5-6,9-10,13-16,21H,7-8,11-12H2,1-4H3/t16-/m1/s1. The van der Waals surface area contributed by atoms with Gasteiger partial charge in [-0.1, -0.05) is 18.2 Å². The number of ether oxygens (including phenoxy) is 4. The third kappa shape index (κ3) is 4.84. The van der Waals surface area contributed by atoms with Gasteiger partial charge in [-0.15, -0.1) is 0 Å². The second kappa shape index (κ2) is 9.80. The van der Waals surface area contributed by atoms with Gasteiger partial charge < -0.3 is 23.8 Å². The molecule has 30 heavy (non-hydrogen) atoms. The maximum Gasteiger partial charge on any atom is 0.336 e. The zero-order valence-corrected chi connectivity index (χ0v) is 17.9.